The van der Waals surface area contributed by atoms with E-state index in [0.717, 1.165) is 5.56 Å². The van der Waals surface area contributed by atoms with Crippen LogP contribution in [0.5, 0.6) is 0 Å². The van der Waals surface area contributed by atoms with Gasteiger partial charge >= 0.3 is 5.97 Å². The van der Waals surface area contributed by atoms with Gasteiger partial charge in [-0.15, -0.1) is 0 Å². The summed E-state index contributed by atoms with van der Waals surface area (Å²) in [6, 6.07) is 9.11. The molecule has 3 nitrogen and oxygen atoms in total. The van der Waals surface area contributed by atoms with Gasteiger partial charge in [-0.1, -0.05) is 36.9 Å². The van der Waals surface area contributed by atoms with E-state index in [2.05, 4.69) is 11.3 Å². The number of esters is 1. The molecule has 68 valence electrons. The molecule has 1 aromatic rings. The summed E-state index contributed by atoms with van der Waals surface area (Å²) in [5.41, 5.74) is 6.14. The summed E-state index contributed by atoms with van der Waals surface area (Å²) in [4.78, 5) is 11.1. The van der Waals surface area contributed by atoms with Gasteiger partial charge in [0.1, 0.15) is 6.73 Å². The molecule has 13 heavy (non-hydrogen) atoms. The standard InChI is InChI=1S/C10H11NO2/c1-8(10(12)13-7-11)9-5-3-2-4-6-9/h2-6H,1,7,11H2. The fraction of sp³-hybridized carbons (Fsp3) is 0.100. The van der Waals surface area contributed by atoms with Crippen molar-refractivity contribution in [2.75, 3.05) is 6.73 Å². The lowest BCUT2D eigenvalue weighted by Gasteiger charge is -2.03. The Kier molecular flexibility index (Phi) is 3.23. The molecule has 0 saturated heterocycles. The minimum atomic E-state index is -0.478. The van der Waals surface area contributed by atoms with Crippen molar-refractivity contribution in [3.8, 4) is 0 Å². The molecule has 0 aromatic heterocycles. The lowest BCUT2D eigenvalue weighted by atomic mass is 10.1. The quantitative estimate of drug-likeness (QED) is 0.428. The van der Waals surface area contributed by atoms with E-state index in [0.29, 0.717) is 5.57 Å². The monoisotopic (exact) mass is 177 g/mol. The van der Waals surface area contributed by atoms with Crippen molar-refractivity contribution in [1.29, 1.82) is 0 Å². The minimum Gasteiger partial charge on any atom is -0.446 e. The molecule has 0 heterocycles. The Labute approximate surface area is 76.8 Å². The van der Waals surface area contributed by atoms with Crippen LogP contribution in [0.25, 0.3) is 5.57 Å². The number of hydrogen-bond acceptors (Lipinski definition) is 3. The molecular weight excluding hydrogens is 166 g/mol. The molecular formula is C10H11NO2. The number of rotatable bonds is 3. The van der Waals surface area contributed by atoms with Crippen molar-refractivity contribution in [1.82, 2.24) is 0 Å². The van der Waals surface area contributed by atoms with Gasteiger partial charge in [0.25, 0.3) is 0 Å². The number of nitrogens with two attached hydrogens (primary N) is 1. The first-order valence-electron chi connectivity index (χ1n) is 3.87. The fourth-order valence-electron chi connectivity index (χ4n) is 0.920. The number of carbonyl (C=O) groups excluding carboxylic acids is 1. The normalized spacial score (nSPS) is 9.31. The van der Waals surface area contributed by atoms with Gasteiger partial charge in [-0.2, -0.15) is 0 Å². The second-order valence-corrected chi connectivity index (χ2v) is 2.44. The van der Waals surface area contributed by atoms with Gasteiger partial charge in [0.2, 0.25) is 0 Å². The van der Waals surface area contributed by atoms with Crippen LogP contribution >= 0.6 is 0 Å². The van der Waals surface area contributed by atoms with Gasteiger partial charge in [0, 0.05) is 0 Å². The third-order valence-corrected chi connectivity index (χ3v) is 1.58. The fourth-order valence-corrected chi connectivity index (χ4v) is 0.920. The summed E-state index contributed by atoms with van der Waals surface area (Å²) < 4.78 is 4.60. The van der Waals surface area contributed by atoms with Gasteiger partial charge in [0.05, 0.1) is 5.57 Å². The molecule has 0 saturated carbocycles. The zero-order valence-electron chi connectivity index (χ0n) is 7.19. The maximum atomic E-state index is 11.1. The first-order valence-corrected chi connectivity index (χ1v) is 3.87. The van der Waals surface area contributed by atoms with Crippen molar-refractivity contribution in [2.24, 2.45) is 5.73 Å². The molecule has 1 rings (SSSR count). The molecule has 0 bridgehead atoms. The number of carbonyl (C=O) groups is 1. The van der Waals surface area contributed by atoms with Crippen LogP contribution in [-0.2, 0) is 9.53 Å². The summed E-state index contributed by atoms with van der Waals surface area (Å²) >= 11 is 0. The van der Waals surface area contributed by atoms with Gasteiger partial charge in [-0.05, 0) is 5.56 Å². The molecule has 0 fully saturated rings. The van der Waals surface area contributed by atoms with Crippen molar-refractivity contribution in [3.05, 3.63) is 42.5 Å². The topological polar surface area (TPSA) is 52.3 Å². The SMILES string of the molecule is C=C(C(=O)OCN)c1ccccc1. The smallest absolute Gasteiger partial charge is 0.339 e. The maximum absolute atomic E-state index is 11.1. The van der Waals surface area contributed by atoms with Crippen molar-refractivity contribution in [3.63, 3.8) is 0 Å². The predicted molar refractivity (Wildman–Crippen MR) is 50.6 cm³/mol. The van der Waals surface area contributed by atoms with E-state index >= 15 is 0 Å². The second-order valence-electron chi connectivity index (χ2n) is 2.44. The molecule has 0 unspecified atom stereocenters. The molecule has 0 aliphatic heterocycles. The molecule has 0 radical (unpaired) electrons. The highest BCUT2D eigenvalue weighted by molar-refractivity contribution is 6.15. The lowest BCUT2D eigenvalue weighted by Crippen LogP contribution is -2.12. The van der Waals surface area contributed by atoms with Crippen LogP contribution in [0.15, 0.2) is 36.9 Å². The zero-order chi connectivity index (χ0) is 9.68. The molecule has 0 aliphatic rings. The van der Waals surface area contributed by atoms with Crippen LogP contribution in [0.1, 0.15) is 5.56 Å². The van der Waals surface area contributed by atoms with Crippen LogP contribution in [-0.4, -0.2) is 12.7 Å². The molecule has 2 N–H and O–H groups in total. The summed E-state index contributed by atoms with van der Waals surface area (Å²) in [6.45, 7) is 3.49. The Morgan fingerprint density at radius 2 is 2.00 bits per heavy atom. The molecule has 0 spiro atoms. The molecule has 1 aromatic carbocycles. The van der Waals surface area contributed by atoms with E-state index in [4.69, 9.17) is 5.73 Å². The van der Waals surface area contributed by atoms with E-state index in [1.807, 2.05) is 18.2 Å². The predicted octanol–water partition coefficient (Wildman–Crippen LogP) is 1.16. The zero-order valence-corrected chi connectivity index (χ0v) is 7.19. The molecule has 0 aliphatic carbocycles. The van der Waals surface area contributed by atoms with Gasteiger partial charge in [-0.3, -0.25) is 5.73 Å². The van der Waals surface area contributed by atoms with E-state index in [-0.39, 0.29) is 6.73 Å². The molecule has 0 amide bonds. The first kappa shape index (κ1) is 9.48. The van der Waals surface area contributed by atoms with E-state index in [1.165, 1.54) is 0 Å². The van der Waals surface area contributed by atoms with Crippen LogP contribution in [0.2, 0.25) is 0 Å². The molecule has 3 heteroatoms. The number of benzene rings is 1. The summed E-state index contributed by atoms with van der Waals surface area (Å²) in [5.74, 6) is -0.478. The van der Waals surface area contributed by atoms with Crippen molar-refractivity contribution in [2.45, 2.75) is 0 Å². The van der Waals surface area contributed by atoms with E-state index < -0.39 is 5.97 Å². The van der Waals surface area contributed by atoms with Crippen LogP contribution in [0.4, 0.5) is 0 Å². The van der Waals surface area contributed by atoms with Gasteiger partial charge < -0.3 is 4.74 Å². The van der Waals surface area contributed by atoms with Crippen LogP contribution in [0, 0.1) is 0 Å². The second kappa shape index (κ2) is 4.42. The maximum Gasteiger partial charge on any atom is 0.339 e. The Balaban J connectivity index is 2.74. The highest BCUT2D eigenvalue weighted by Gasteiger charge is 2.08. The highest BCUT2D eigenvalue weighted by atomic mass is 16.5. The summed E-state index contributed by atoms with van der Waals surface area (Å²) in [6.07, 6.45) is 0. The van der Waals surface area contributed by atoms with Crippen LogP contribution < -0.4 is 5.73 Å². The summed E-state index contributed by atoms with van der Waals surface area (Å²) in [7, 11) is 0. The molecule has 0 atom stereocenters. The van der Waals surface area contributed by atoms with Gasteiger partial charge in [-0.25, -0.2) is 4.79 Å². The van der Waals surface area contributed by atoms with Crippen molar-refractivity contribution < 1.29 is 9.53 Å². The van der Waals surface area contributed by atoms with Gasteiger partial charge in [0.15, 0.2) is 0 Å². The average Bonchev–Trinajstić information content (AvgIpc) is 2.18. The first-order chi connectivity index (χ1) is 6.25. The Morgan fingerprint density at radius 3 is 2.54 bits per heavy atom. The Hall–Kier alpha value is -1.61. The summed E-state index contributed by atoms with van der Waals surface area (Å²) in [5, 5.41) is 0. The largest absolute Gasteiger partial charge is 0.446 e. The van der Waals surface area contributed by atoms with E-state index in [9.17, 15) is 4.79 Å². The third kappa shape index (κ3) is 2.42. The van der Waals surface area contributed by atoms with Crippen LogP contribution in [0.3, 0.4) is 0 Å². The average molecular weight is 177 g/mol. The third-order valence-electron chi connectivity index (χ3n) is 1.58. The number of ether oxygens (including phenoxy) is 1. The van der Waals surface area contributed by atoms with E-state index in [1.54, 1.807) is 12.1 Å². The highest BCUT2D eigenvalue weighted by Crippen LogP contribution is 2.12. The Bertz CT molecular complexity index is 306. The minimum absolute atomic E-state index is 0.120. The van der Waals surface area contributed by atoms with Crippen molar-refractivity contribution >= 4 is 11.5 Å². The lowest BCUT2D eigenvalue weighted by molar-refractivity contribution is -0.136. The Morgan fingerprint density at radius 1 is 1.38 bits per heavy atom. The number of hydrogen-bond donors (Lipinski definition) is 1.